The molecule has 1 saturated heterocycles. The normalized spacial score (nSPS) is 36.8. The highest BCUT2D eigenvalue weighted by Crippen LogP contribution is 2.28. The SMILES string of the molecule is CCC1CCSC(=NCC2CCC(C)CC2)N1. The van der Waals surface area contributed by atoms with Crippen LogP contribution in [0.4, 0.5) is 0 Å². The third-order valence-electron chi connectivity index (χ3n) is 4.15. The number of hydrogen-bond acceptors (Lipinski definition) is 2. The van der Waals surface area contributed by atoms with Gasteiger partial charge in [-0.25, -0.2) is 0 Å². The Morgan fingerprint density at radius 1 is 1.24 bits per heavy atom. The summed E-state index contributed by atoms with van der Waals surface area (Å²) in [6.45, 7) is 5.69. The molecule has 3 heteroatoms. The van der Waals surface area contributed by atoms with Crippen LogP contribution < -0.4 is 5.32 Å². The molecule has 0 radical (unpaired) electrons. The first-order chi connectivity index (χ1) is 8.28. The fraction of sp³-hybridized carbons (Fsp3) is 0.929. The quantitative estimate of drug-likeness (QED) is 0.831. The van der Waals surface area contributed by atoms with E-state index >= 15 is 0 Å². The van der Waals surface area contributed by atoms with Gasteiger partial charge in [0.15, 0.2) is 5.17 Å². The topological polar surface area (TPSA) is 24.4 Å². The summed E-state index contributed by atoms with van der Waals surface area (Å²) in [7, 11) is 0. The van der Waals surface area contributed by atoms with Crippen LogP contribution in [0.1, 0.15) is 52.4 Å². The molecule has 0 aromatic heterocycles. The standard InChI is InChI=1S/C14H26N2S/c1-3-13-8-9-17-14(16-13)15-10-12-6-4-11(2)5-7-12/h11-13H,3-10H2,1-2H3,(H,15,16). The molecule has 2 nitrogen and oxygen atoms in total. The maximum absolute atomic E-state index is 4.80. The zero-order chi connectivity index (χ0) is 12.1. The second kappa shape index (κ2) is 6.67. The third kappa shape index (κ3) is 4.20. The van der Waals surface area contributed by atoms with Gasteiger partial charge in [0.1, 0.15) is 0 Å². The molecule has 1 atom stereocenters. The van der Waals surface area contributed by atoms with Crippen molar-refractivity contribution in [3.8, 4) is 0 Å². The Hall–Kier alpha value is -0.180. The molecule has 0 aromatic carbocycles. The number of hydrogen-bond donors (Lipinski definition) is 1. The smallest absolute Gasteiger partial charge is 0.156 e. The summed E-state index contributed by atoms with van der Waals surface area (Å²) in [6.07, 6.45) is 8.11. The minimum Gasteiger partial charge on any atom is -0.362 e. The zero-order valence-corrected chi connectivity index (χ0v) is 12.1. The van der Waals surface area contributed by atoms with Crippen molar-refractivity contribution in [1.82, 2.24) is 5.32 Å². The molecule has 1 saturated carbocycles. The van der Waals surface area contributed by atoms with Crippen molar-refractivity contribution >= 4 is 16.9 Å². The van der Waals surface area contributed by atoms with E-state index in [-0.39, 0.29) is 0 Å². The highest BCUT2D eigenvalue weighted by molar-refractivity contribution is 8.13. The van der Waals surface area contributed by atoms with E-state index in [0.29, 0.717) is 6.04 Å². The van der Waals surface area contributed by atoms with Gasteiger partial charge in [-0.05, 0) is 37.5 Å². The van der Waals surface area contributed by atoms with Crippen molar-refractivity contribution < 1.29 is 0 Å². The van der Waals surface area contributed by atoms with Crippen molar-refractivity contribution in [3.05, 3.63) is 0 Å². The zero-order valence-electron chi connectivity index (χ0n) is 11.2. The summed E-state index contributed by atoms with van der Waals surface area (Å²) in [5.74, 6) is 3.04. The van der Waals surface area contributed by atoms with Crippen LogP contribution in [0.25, 0.3) is 0 Å². The lowest BCUT2D eigenvalue weighted by Gasteiger charge is -2.27. The van der Waals surface area contributed by atoms with Crippen LogP contribution >= 0.6 is 11.8 Å². The largest absolute Gasteiger partial charge is 0.362 e. The van der Waals surface area contributed by atoms with Gasteiger partial charge in [-0.15, -0.1) is 0 Å². The van der Waals surface area contributed by atoms with E-state index in [0.717, 1.165) is 18.4 Å². The fourth-order valence-corrected chi connectivity index (χ4v) is 3.72. The average molecular weight is 254 g/mol. The lowest BCUT2D eigenvalue weighted by Crippen LogP contribution is -2.37. The lowest BCUT2D eigenvalue weighted by atomic mass is 9.83. The van der Waals surface area contributed by atoms with Crippen LogP contribution in [0.5, 0.6) is 0 Å². The molecule has 0 aromatic rings. The summed E-state index contributed by atoms with van der Waals surface area (Å²) in [6, 6.07) is 0.668. The molecular formula is C14H26N2S. The van der Waals surface area contributed by atoms with Crippen LogP contribution in [0.3, 0.4) is 0 Å². The van der Waals surface area contributed by atoms with E-state index in [1.165, 1.54) is 49.4 Å². The first-order valence-electron chi connectivity index (χ1n) is 7.21. The maximum Gasteiger partial charge on any atom is 0.156 e. The fourth-order valence-electron chi connectivity index (χ4n) is 2.71. The molecule has 17 heavy (non-hydrogen) atoms. The summed E-state index contributed by atoms with van der Waals surface area (Å²) < 4.78 is 0. The predicted molar refractivity (Wildman–Crippen MR) is 77.7 cm³/mol. The molecule has 1 aliphatic carbocycles. The van der Waals surface area contributed by atoms with Crippen molar-refractivity contribution in [3.63, 3.8) is 0 Å². The first kappa shape index (κ1) is 13.3. The Morgan fingerprint density at radius 2 is 2.00 bits per heavy atom. The number of thioether (sulfide) groups is 1. The van der Waals surface area contributed by atoms with Crippen molar-refractivity contribution in [2.75, 3.05) is 12.3 Å². The number of aliphatic imine (C=N–C) groups is 1. The molecular weight excluding hydrogens is 228 g/mol. The van der Waals surface area contributed by atoms with E-state index in [1.54, 1.807) is 0 Å². The Kier molecular flexibility index (Phi) is 5.20. The Bertz CT molecular complexity index is 257. The van der Waals surface area contributed by atoms with Crippen molar-refractivity contribution in [2.24, 2.45) is 16.8 Å². The summed E-state index contributed by atoms with van der Waals surface area (Å²) in [5.41, 5.74) is 0. The molecule has 0 bridgehead atoms. The third-order valence-corrected chi connectivity index (χ3v) is 5.11. The van der Waals surface area contributed by atoms with E-state index in [9.17, 15) is 0 Å². The van der Waals surface area contributed by atoms with Crippen molar-refractivity contribution in [2.45, 2.75) is 58.4 Å². The van der Waals surface area contributed by atoms with Crippen molar-refractivity contribution in [1.29, 1.82) is 0 Å². The summed E-state index contributed by atoms with van der Waals surface area (Å²) in [5, 5.41) is 4.77. The minimum atomic E-state index is 0.668. The molecule has 0 spiro atoms. The van der Waals surface area contributed by atoms with Crippen LogP contribution in [0.15, 0.2) is 4.99 Å². The van der Waals surface area contributed by atoms with E-state index in [1.807, 2.05) is 11.8 Å². The van der Waals surface area contributed by atoms with Gasteiger partial charge >= 0.3 is 0 Å². The number of amidine groups is 1. The van der Waals surface area contributed by atoms with Crippen LogP contribution in [0.2, 0.25) is 0 Å². The van der Waals surface area contributed by atoms with Gasteiger partial charge in [-0.3, -0.25) is 4.99 Å². The minimum absolute atomic E-state index is 0.668. The molecule has 1 heterocycles. The predicted octanol–water partition coefficient (Wildman–Crippen LogP) is 3.67. The maximum atomic E-state index is 4.80. The van der Waals surface area contributed by atoms with E-state index in [2.05, 4.69) is 19.2 Å². The lowest BCUT2D eigenvalue weighted by molar-refractivity contribution is 0.296. The Labute approximate surface area is 110 Å². The first-order valence-corrected chi connectivity index (χ1v) is 8.20. The molecule has 1 aliphatic heterocycles. The molecule has 1 unspecified atom stereocenters. The van der Waals surface area contributed by atoms with E-state index < -0.39 is 0 Å². The van der Waals surface area contributed by atoms with Gasteiger partial charge in [0.2, 0.25) is 0 Å². The van der Waals surface area contributed by atoms with Crippen LogP contribution in [0, 0.1) is 11.8 Å². The molecule has 2 rings (SSSR count). The average Bonchev–Trinajstić information content (AvgIpc) is 2.38. The van der Waals surface area contributed by atoms with Gasteiger partial charge in [0.05, 0.1) is 0 Å². The summed E-state index contributed by atoms with van der Waals surface area (Å²) >= 11 is 1.91. The monoisotopic (exact) mass is 254 g/mol. The Balaban J connectivity index is 1.75. The van der Waals surface area contributed by atoms with Gasteiger partial charge in [-0.2, -0.15) is 0 Å². The Morgan fingerprint density at radius 3 is 2.71 bits per heavy atom. The molecule has 2 fully saturated rings. The van der Waals surface area contributed by atoms with Gasteiger partial charge in [0, 0.05) is 18.3 Å². The van der Waals surface area contributed by atoms with Gasteiger partial charge in [0.25, 0.3) is 0 Å². The van der Waals surface area contributed by atoms with E-state index in [4.69, 9.17) is 4.99 Å². The van der Waals surface area contributed by atoms with Gasteiger partial charge < -0.3 is 5.32 Å². The molecule has 2 aliphatic rings. The highest BCUT2D eigenvalue weighted by atomic mass is 32.2. The molecule has 0 amide bonds. The second-order valence-electron chi connectivity index (χ2n) is 5.66. The number of rotatable bonds is 3. The molecule has 1 N–H and O–H groups in total. The van der Waals surface area contributed by atoms with Crippen LogP contribution in [-0.2, 0) is 0 Å². The van der Waals surface area contributed by atoms with Crippen LogP contribution in [-0.4, -0.2) is 23.5 Å². The highest BCUT2D eigenvalue weighted by Gasteiger charge is 2.19. The second-order valence-corrected chi connectivity index (χ2v) is 6.74. The number of nitrogens with one attached hydrogen (secondary N) is 1. The molecule has 98 valence electrons. The van der Waals surface area contributed by atoms with Gasteiger partial charge in [-0.1, -0.05) is 38.5 Å². The summed E-state index contributed by atoms with van der Waals surface area (Å²) in [4.78, 5) is 4.80. The number of nitrogens with zero attached hydrogens (tertiary/aromatic N) is 1.